The standard InChI is InChI=1S/C13H15N9O4S2/c14-8(15)11-20-21-13(28-11)25-1-2-26-22-7(6-4-27-12(16)19-6)10(24)18-5-3-17-9(5)23/h4-5H,1-3H2,(H3,14,15)(H2,16,19)(H,17,23)(H,18,24)/b22-7-/t5-/m0/s1. The molecule has 0 aliphatic carbocycles. The van der Waals surface area contributed by atoms with Crippen LogP contribution in [0.4, 0.5) is 5.13 Å². The van der Waals surface area contributed by atoms with E-state index in [1.54, 1.807) is 5.38 Å². The first-order chi connectivity index (χ1) is 13.4. The van der Waals surface area contributed by atoms with Crippen LogP contribution in [0.1, 0.15) is 10.7 Å². The number of amides is 2. The lowest BCUT2D eigenvalue weighted by Gasteiger charge is -2.26. The Bertz CT molecular complexity index is 925. The normalized spacial score (nSPS) is 16.1. The molecular weight excluding hydrogens is 410 g/mol. The topological polar surface area (TPSA) is 204 Å². The van der Waals surface area contributed by atoms with Crippen molar-refractivity contribution >= 4 is 51.2 Å². The van der Waals surface area contributed by atoms with Crippen LogP contribution in [-0.2, 0) is 14.4 Å². The Morgan fingerprint density at radius 3 is 2.86 bits per heavy atom. The average Bonchev–Trinajstić information content (AvgIpc) is 3.30. The van der Waals surface area contributed by atoms with Crippen LogP contribution in [0.25, 0.3) is 0 Å². The van der Waals surface area contributed by atoms with Crippen molar-refractivity contribution in [2.24, 2.45) is 10.9 Å². The van der Waals surface area contributed by atoms with E-state index < -0.39 is 11.9 Å². The number of carbonyl (C=O) groups is 2. The molecule has 1 aliphatic heterocycles. The number of hydrogen-bond acceptors (Lipinski definition) is 12. The number of oxime groups is 1. The lowest BCUT2D eigenvalue weighted by Crippen LogP contribution is -2.62. The van der Waals surface area contributed by atoms with E-state index in [0.29, 0.717) is 6.54 Å². The van der Waals surface area contributed by atoms with Gasteiger partial charge in [0.15, 0.2) is 28.3 Å². The molecule has 0 aromatic carbocycles. The first-order valence-electron chi connectivity index (χ1n) is 7.74. The van der Waals surface area contributed by atoms with Crippen LogP contribution in [0.5, 0.6) is 5.19 Å². The van der Waals surface area contributed by atoms with Gasteiger partial charge in [0.2, 0.25) is 5.91 Å². The molecule has 0 saturated carbocycles. The molecule has 1 aliphatic rings. The van der Waals surface area contributed by atoms with Crippen LogP contribution < -0.4 is 26.8 Å². The number of hydrogen-bond donors (Lipinski definition) is 5. The molecule has 0 bridgehead atoms. The Labute approximate surface area is 165 Å². The monoisotopic (exact) mass is 425 g/mol. The summed E-state index contributed by atoms with van der Waals surface area (Å²) in [6, 6.07) is -0.620. The highest BCUT2D eigenvalue weighted by Gasteiger charge is 2.31. The highest BCUT2D eigenvalue weighted by atomic mass is 32.1. The molecule has 28 heavy (non-hydrogen) atoms. The fourth-order valence-electron chi connectivity index (χ4n) is 1.88. The van der Waals surface area contributed by atoms with Gasteiger partial charge in [0.1, 0.15) is 18.3 Å². The van der Waals surface area contributed by atoms with Gasteiger partial charge in [-0.05, 0) is 0 Å². The van der Waals surface area contributed by atoms with Crippen molar-refractivity contribution in [3.63, 3.8) is 0 Å². The van der Waals surface area contributed by atoms with Gasteiger partial charge in [0.05, 0.1) is 0 Å². The summed E-state index contributed by atoms with van der Waals surface area (Å²) in [5.74, 6) is -1.09. The average molecular weight is 425 g/mol. The molecule has 3 heterocycles. The van der Waals surface area contributed by atoms with E-state index in [1.165, 1.54) is 0 Å². The number of nitrogens with two attached hydrogens (primary N) is 2. The molecule has 0 spiro atoms. The van der Waals surface area contributed by atoms with E-state index in [0.717, 1.165) is 22.7 Å². The minimum atomic E-state index is -0.620. The maximum atomic E-state index is 12.4. The summed E-state index contributed by atoms with van der Waals surface area (Å²) in [6.45, 7) is 0.403. The number of thiazole rings is 1. The van der Waals surface area contributed by atoms with Crippen LogP contribution in [0.2, 0.25) is 0 Å². The summed E-state index contributed by atoms with van der Waals surface area (Å²) in [6.07, 6.45) is 0. The van der Waals surface area contributed by atoms with Crippen molar-refractivity contribution in [1.82, 2.24) is 25.8 Å². The quantitative estimate of drug-likeness (QED) is 0.102. The summed E-state index contributed by atoms with van der Waals surface area (Å²) in [5.41, 5.74) is 11.0. The largest absolute Gasteiger partial charge is 0.465 e. The summed E-state index contributed by atoms with van der Waals surface area (Å²) in [5, 5.41) is 25.8. The van der Waals surface area contributed by atoms with Gasteiger partial charge in [-0.3, -0.25) is 15.0 Å². The van der Waals surface area contributed by atoms with E-state index in [-0.39, 0.29) is 51.7 Å². The highest BCUT2D eigenvalue weighted by Crippen LogP contribution is 2.17. The van der Waals surface area contributed by atoms with Crippen molar-refractivity contribution in [1.29, 1.82) is 5.41 Å². The second-order valence-electron chi connectivity index (χ2n) is 5.25. The van der Waals surface area contributed by atoms with E-state index in [4.69, 9.17) is 26.5 Å². The minimum absolute atomic E-state index is 0.00466. The zero-order valence-corrected chi connectivity index (χ0v) is 15.8. The SMILES string of the molecule is N=C(N)c1nnc(OCCO/N=C(\C(=O)N[C@H]2CNC2=O)c2csc(N)n2)s1. The molecular formula is C13H15N9O4S2. The molecule has 2 amide bonds. The number of carbonyl (C=O) groups excluding carboxylic acids is 2. The van der Waals surface area contributed by atoms with Crippen molar-refractivity contribution in [3.8, 4) is 5.19 Å². The molecule has 0 radical (unpaired) electrons. The molecule has 3 rings (SSSR count). The predicted molar refractivity (Wildman–Crippen MR) is 100 cm³/mol. The van der Waals surface area contributed by atoms with Crippen molar-refractivity contribution < 1.29 is 19.2 Å². The molecule has 1 atom stereocenters. The Morgan fingerprint density at radius 2 is 2.29 bits per heavy atom. The molecule has 148 valence electrons. The van der Waals surface area contributed by atoms with Crippen molar-refractivity contribution in [3.05, 3.63) is 16.1 Å². The van der Waals surface area contributed by atoms with Crippen molar-refractivity contribution in [2.45, 2.75) is 6.04 Å². The van der Waals surface area contributed by atoms with E-state index in [9.17, 15) is 9.59 Å². The van der Waals surface area contributed by atoms with Crippen molar-refractivity contribution in [2.75, 3.05) is 25.5 Å². The molecule has 13 nitrogen and oxygen atoms in total. The maximum Gasteiger partial charge on any atom is 0.294 e. The predicted octanol–water partition coefficient (Wildman–Crippen LogP) is -1.72. The van der Waals surface area contributed by atoms with Crippen LogP contribution >= 0.6 is 22.7 Å². The third-order valence-corrected chi connectivity index (χ3v) is 4.82. The first-order valence-corrected chi connectivity index (χ1v) is 9.44. The van der Waals surface area contributed by atoms with E-state index in [1.807, 2.05) is 0 Å². The van der Waals surface area contributed by atoms with Gasteiger partial charge in [0, 0.05) is 11.9 Å². The lowest BCUT2D eigenvalue weighted by atomic mass is 10.1. The smallest absolute Gasteiger partial charge is 0.294 e. The van der Waals surface area contributed by atoms with Gasteiger partial charge < -0.3 is 31.7 Å². The summed E-state index contributed by atoms with van der Waals surface area (Å²) in [4.78, 5) is 32.9. The second kappa shape index (κ2) is 8.57. The maximum absolute atomic E-state index is 12.4. The van der Waals surface area contributed by atoms with Crippen LogP contribution in [0.15, 0.2) is 10.5 Å². The second-order valence-corrected chi connectivity index (χ2v) is 7.08. The number of nitrogens with zero attached hydrogens (tertiary/aromatic N) is 4. The molecule has 15 heteroatoms. The summed E-state index contributed by atoms with van der Waals surface area (Å²) < 4.78 is 5.31. The fourth-order valence-corrected chi connectivity index (χ4v) is 3.01. The van der Waals surface area contributed by atoms with Gasteiger partial charge in [-0.1, -0.05) is 21.6 Å². The first kappa shape index (κ1) is 19.4. The van der Waals surface area contributed by atoms with Gasteiger partial charge >= 0.3 is 0 Å². The molecule has 1 saturated heterocycles. The van der Waals surface area contributed by atoms with Crippen LogP contribution in [0, 0.1) is 5.41 Å². The molecule has 2 aromatic rings. The Morgan fingerprint density at radius 1 is 1.46 bits per heavy atom. The number of β-lactam (4-membered cyclic amide) rings is 1. The number of nitrogen functional groups attached to an aromatic ring is 2. The fraction of sp³-hybridized carbons (Fsp3) is 0.308. The number of nitrogens with one attached hydrogen (secondary N) is 3. The van der Waals surface area contributed by atoms with Gasteiger partial charge in [-0.15, -0.1) is 16.4 Å². The summed E-state index contributed by atoms with van der Waals surface area (Å²) >= 11 is 2.16. The number of anilines is 1. The Hall–Kier alpha value is -3.33. The minimum Gasteiger partial charge on any atom is -0.465 e. The third kappa shape index (κ3) is 4.68. The number of amidine groups is 1. The summed E-state index contributed by atoms with van der Waals surface area (Å²) in [7, 11) is 0. The van der Waals surface area contributed by atoms with Gasteiger partial charge in [-0.25, -0.2) is 4.98 Å². The molecule has 2 aromatic heterocycles. The number of aromatic nitrogens is 3. The van der Waals surface area contributed by atoms with Crippen LogP contribution in [0.3, 0.4) is 0 Å². The molecule has 0 unspecified atom stereocenters. The van der Waals surface area contributed by atoms with E-state index in [2.05, 4.69) is 31.0 Å². The number of rotatable bonds is 9. The number of ether oxygens (including phenoxy) is 1. The zero-order valence-electron chi connectivity index (χ0n) is 14.2. The Balaban J connectivity index is 1.56. The third-order valence-electron chi connectivity index (χ3n) is 3.27. The Kier molecular flexibility index (Phi) is 5.95. The van der Waals surface area contributed by atoms with Crippen LogP contribution in [-0.4, -0.2) is 64.3 Å². The highest BCUT2D eigenvalue weighted by molar-refractivity contribution is 7.15. The van der Waals surface area contributed by atoms with Gasteiger partial charge in [0.25, 0.3) is 11.1 Å². The van der Waals surface area contributed by atoms with Gasteiger partial charge in [-0.2, -0.15) is 0 Å². The molecule has 7 N–H and O–H groups in total. The lowest BCUT2D eigenvalue weighted by molar-refractivity contribution is -0.131. The zero-order chi connectivity index (χ0) is 20.1. The molecule has 1 fully saturated rings. The van der Waals surface area contributed by atoms with E-state index >= 15 is 0 Å².